The van der Waals surface area contributed by atoms with E-state index in [0.29, 0.717) is 12.2 Å². The number of anilines is 1. The average molecular weight is 343 g/mol. The van der Waals surface area contributed by atoms with E-state index in [1.54, 1.807) is 12.1 Å². The Morgan fingerprint density at radius 3 is 2.84 bits per heavy atom. The number of furan rings is 1. The first kappa shape index (κ1) is 17.4. The number of hydrogen-bond donors (Lipinski definition) is 3. The summed E-state index contributed by atoms with van der Waals surface area (Å²) in [6.45, 7) is 3.61. The predicted octanol–water partition coefficient (Wildman–Crippen LogP) is 2.67. The summed E-state index contributed by atoms with van der Waals surface area (Å²) in [5.74, 6) is 0.517. The quantitative estimate of drug-likeness (QED) is 0.753. The second-order valence-corrected chi connectivity index (χ2v) is 6.55. The van der Waals surface area contributed by atoms with Gasteiger partial charge in [0.15, 0.2) is 0 Å². The summed E-state index contributed by atoms with van der Waals surface area (Å²) in [7, 11) is 0. The number of carbonyl (C=O) groups is 1. The van der Waals surface area contributed by atoms with Gasteiger partial charge in [-0.1, -0.05) is 18.2 Å². The summed E-state index contributed by atoms with van der Waals surface area (Å²) in [5, 5.41) is 16.0. The van der Waals surface area contributed by atoms with Crippen LogP contribution in [0.2, 0.25) is 0 Å². The van der Waals surface area contributed by atoms with E-state index >= 15 is 0 Å². The summed E-state index contributed by atoms with van der Waals surface area (Å²) in [5.41, 5.74) is 1.18. The number of para-hydroxylation sites is 1. The molecular weight excluding hydrogens is 318 g/mol. The Bertz CT molecular complexity index is 660. The molecule has 0 radical (unpaired) electrons. The van der Waals surface area contributed by atoms with E-state index in [2.05, 4.69) is 27.7 Å². The Morgan fingerprint density at radius 1 is 1.32 bits per heavy atom. The average Bonchev–Trinajstić information content (AvgIpc) is 3.27. The summed E-state index contributed by atoms with van der Waals surface area (Å²) in [6, 6.07) is 13.5. The van der Waals surface area contributed by atoms with Crippen LogP contribution in [0.3, 0.4) is 0 Å². The third-order valence-electron chi connectivity index (χ3n) is 4.47. The molecule has 0 saturated carbocycles. The number of nitrogens with one attached hydrogen (secondary N) is 2. The molecule has 1 aliphatic heterocycles. The van der Waals surface area contributed by atoms with Gasteiger partial charge in [-0.15, -0.1) is 0 Å². The normalized spacial score (nSPS) is 19.4. The molecule has 0 aliphatic carbocycles. The van der Waals surface area contributed by atoms with Crippen molar-refractivity contribution in [2.45, 2.75) is 38.0 Å². The number of rotatable bonds is 6. The van der Waals surface area contributed by atoms with Crippen molar-refractivity contribution in [2.24, 2.45) is 0 Å². The zero-order chi connectivity index (χ0) is 17.6. The standard InChI is InChI=1S/C19H25N3O3/c1-14(12-17(23)18-8-5-11-25-18)20-19(24)21-15-9-10-22(13-15)16-6-3-2-4-7-16/h2-8,11,14-15,17,23H,9-10,12-13H2,1H3,(H2,20,21,24)/t14-,15-,17+/m1/s1. The second-order valence-electron chi connectivity index (χ2n) is 6.55. The highest BCUT2D eigenvalue weighted by atomic mass is 16.4. The van der Waals surface area contributed by atoms with Crippen molar-refractivity contribution in [2.75, 3.05) is 18.0 Å². The highest BCUT2D eigenvalue weighted by Crippen LogP contribution is 2.20. The molecule has 0 spiro atoms. The Balaban J connectivity index is 1.42. The highest BCUT2D eigenvalue weighted by Gasteiger charge is 2.24. The lowest BCUT2D eigenvalue weighted by atomic mass is 10.1. The van der Waals surface area contributed by atoms with Gasteiger partial charge in [-0.3, -0.25) is 0 Å². The molecule has 0 unspecified atom stereocenters. The SMILES string of the molecule is C[C@H](C[C@H](O)c1ccco1)NC(=O)N[C@@H]1CCN(c2ccccc2)C1. The fourth-order valence-electron chi connectivity index (χ4n) is 3.19. The molecule has 6 nitrogen and oxygen atoms in total. The van der Waals surface area contributed by atoms with Crippen LogP contribution in [0.4, 0.5) is 10.5 Å². The summed E-state index contributed by atoms with van der Waals surface area (Å²) in [4.78, 5) is 14.4. The topological polar surface area (TPSA) is 77.7 Å². The zero-order valence-electron chi connectivity index (χ0n) is 14.4. The van der Waals surface area contributed by atoms with Crippen LogP contribution >= 0.6 is 0 Å². The van der Waals surface area contributed by atoms with Crippen molar-refractivity contribution in [3.8, 4) is 0 Å². The summed E-state index contributed by atoms with van der Waals surface area (Å²) in [6.07, 6.45) is 2.14. The number of aliphatic hydroxyl groups is 1. The van der Waals surface area contributed by atoms with Crippen LogP contribution in [0, 0.1) is 0 Å². The van der Waals surface area contributed by atoms with E-state index in [1.165, 1.54) is 12.0 Å². The molecule has 134 valence electrons. The molecule has 3 N–H and O–H groups in total. The van der Waals surface area contributed by atoms with Gasteiger partial charge in [0.1, 0.15) is 11.9 Å². The number of hydrogen-bond acceptors (Lipinski definition) is 4. The smallest absolute Gasteiger partial charge is 0.315 e. The lowest BCUT2D eigenvalue weighted by molar-refractivity contribution is 0.129. The number of nitrogens with zero attached hydrogens (tertiary/aromatic N) is 1. The molecule has 2 amide bonds. The molecule has 6 heteroatoms. The van der Waals surface area contributed by atoms with Gasteiger partial charge in [0.25, 0.3) is 0 Å². The van der Waals surface area contributed by atoms with Crippen LogP contribution in [-0.2, 0) is 0 Å². The third-order valence-corrected chi connectivity index (χ3v) is 4.47. The van der Waals surface area contributed by atoms with Gasteiger partial charge in [0, 0.05) is 37.3 Å². The molecule has 2 heterocycles. The maximum absolute atomic E-state index is 12.2. The van der Waals surface area contributed by atoms with Crippen LogP contribution < -0.4 is 15.5 Å². The second kappa shape index (κ2) is 8.07. The first-order valence-corrected chi connectivity index (χ1v) is 8.70. The largest absolute Gasteiger partial charge is 0.467 e. The van der Waals surface area contributed by atoms with Crippen LogP contribution in [0.25, 0.3) is 0 Å². The number of amides is 2. The fraction of sp³-hybridized carbons (Fsp3) is 0.421. The van der Waals surface area contributed by atoms with E-state index in [9.17, 15) is 9.90 Å². The fourth-order valence-corrected chi connectivity index (χ4v) is 3.19. The highest BCUT2D eigenvalue weighted by molar-refractivity contribution is 5.74. The maximum atomic E-state index is 12.2. The molecular formula is C19H25N3O3. The van der Waals surface area contributed by atoms with E-state index < -0.39 is 6.10 Å². The first-order valence-electron chi connectivity index (χ1n) is 8.70. The minimum Gasteiger partial charge on any atom is -0.467 e. The zero-order valence-corrected chi connectivity index (χ0v) is 14.4. The molecule has 2 aromatic rings. The van der Waals surface area contributed by atoms with Crippen molar-refractivity contribution in [1.82, 2.24) is 10.6 Å². The molecule has 1 saturated heterocycles. The van der Waals surface area contributed by atoms with Crippen molar-refractivity contribution in [3.63, 3.8) is 0 Å². The van der Waals surface area contributed by atoms with Gasteiger partial charge in [0.05, 0.1) is 6.26 Å². The Labute approximate surface area is 147 Å². The summed E-state index contributed by atoms with van der Waals surface area (Å²) < 4.78 is 5.18. The van der Waals surface area contributed by atoms with Gasteiger partial charge < -0.3 is 25.1 Å². The minimum absolute atomic E-state index is 0.127. The van der Waals surface area contributed by atoms with Crippen molar-refractivity contribution < 1.29 is 14.3 Å². The third kappa shape index (κ3) is 4.76. The lowest BCUT2D eigenvalue weighted by Crippen LogP contribution is -2.46. The van der Waals surface area contributed by atoms with Crippen LogP contribution in [-0.4, -0.2) is 36.3 Å². The Hall–Kier alpha value is -2.47. The van der Waals surface area contributed by atoms with Crippen molar-refractivity contribution >= 4 is 11.7 Å². The van der Waals surface area contributed by atoms with E-state index in [4.69, 9.17) is 4.42 Å². The maximum Gasteiger partial charge on any atom is 0.315 e. The van der Waals surface area contributed by atoms with E-state index in [1.807, 2.05) is 25.1 Å². The predicted molar refractivity (Wildman–Crippen MR) is 96.5 cm³/mol. The molecule has 3 rings (SSSR count). The molecule has 3 atom stereocenters. The van der Waals surface area contributed by atoms with Gasteiger partial charge >= 0.3 is 6.03 Å². The van der Waals surface area contributed by atoms with Crippen LogP contribution in [0.15, 0.2) is 53.1 Å². The molecule has 1 aliphatic rings. The number of urea groups is 1. The van der Waals surface area contributed by atoms with Gasteiger partial charge in [-0.2, -0.15) is 0 Å². The molecule has 0 bridgehead atoms. The molecule has 1 aromatic heterocycles. The minimum atomic E-state index is -0.717. The van der Waals surface area contributed by atoms with Gasteiger partial charge in [-0.25, -0.2) is 4.79 Å². The van der Waals surface area contributed by atoms with Crippen LogP contribution in [0.1, 0.15) is 31.6 Å². The van der Waals surface area contributed by atoms with E-state index in [-0.39, 0.29) is 18.1 Å². The van der Waals surface area contributed by atoms with Gasteiger partial charge in [-0.05, 0) is 37.6 Å². The lowest BCUT2D eigenvalue weighted by Gasteiger charge is -2.21. The first-order chi connectivity index (χ1) is 12.1. The Kier molecular flexibility index (Phi) is 5.60. The number of aliphatic hydroxyl groups excluding tert-OH is 1. The van der Waals surface area contributed by atoms with Crippen molar-refractivity contribution in [1.29, 1.82) is 0 Å². The summed E-state index contributed by atoms with van der Waals surface area (Å²) >= 11 is 0. The van der Waals surface area contributed by atoms with Gasteiger partial charge in [0.2, 0.25) is 0 Å². The molecule has 1 aromatic carbocycles. The number of benzene rings is 1. The van der Waals surface area contributed by atoms with Crippen LogP contribution in [0.5, 0.6) is 0 Å². The molecule has 25 heavy (non-hydrogen) atoms. The van der Waals surface area contributed by atoms with Crippen molar-refractivity contribution in [3.05, 3.63) is 54.5 Å². The monoisotopic (exact) mass is 343 g/mol. The van der Waals surface area contributed by atoms with E-state index in [0.717, 1.165) is 19.5 Å². The number of carbonyl (C=O) groups excluding carboxylic acids is 1. The molecule has 1 fully saturated rings. The Morgan fingerprint density at radius 2 is 2.12 bits per heavy atom.